The van der Waals surface area contributed by atoms with Gasteiger partial charge in [0.1, 0.15) is 0 Å². The normalized spacial score (nSPS) is 19.5. The number of rotatable bonds is 0. The summed E-state index contributed by atoms with van der Waals surface area (Å²) in [6.07, 6.45) is 1.03. The summed E-state index contributed by atoms with van der Waals surface area (Å²) >= 11 is 0. The van der Waals surface area contributed by atoms with Crippen molar-refractivity contribution >= 4 is 11.1 Å². The van der Waals surface area contributed by atoms with Crippen LogP contribution in [0.5, 0.6) is 0 Å². The second-order valence-electron chi connectivity index (χ2n) is 9.03. The number of allylic oxidation sites excluding steroid dienone is 2. The van der Waals surface area contributed by atoms with Crippen LogP contribution in [0.25, 0.3) is 22.3 Å². The zero-order valence-electron chi connectivity index (χ0n) is 17.3. The van der Waals surface area contributed by atoms with Gasteiger partial charge in [0.25, 0.3) is 0 Å². The third kappa shape index (κ3) is 1.71. The number of benzene rings is 4. The molecule has 0 heteroatoms. The minimum absolute atomic E-state index is 0.206. The Labute approximate surface area is 177 Å². The van der Waals surface area contributed by atoms with Gasteiger partial charge in [0.2, 0.25) is 0 Å². The quantitative estimate of drug-likeness (QED) is 0.304. The first kappa shape index (κ1) is 16.4. The summed E-state index contributed by atoms with van der Waals surface area (Å²) in [6, 6.07) is 32.1. The van der Waals surface area contributed by atoms with Gasteiger partial charge in [0.05, 0.1) is 5.41 Å². The smallest absolute Gasteiger partial charge is 0.0619 e. The van der Waals surface area contributed by atoms with Crippen LogP contribution in [0.15, 0.2) is 84.9 Å². The van der Waals surface area contributed by atoms with Crippen molar-refractivity contribution in [1.29, 1.82) is 0 Å². The molecule has 0 N–H and O–H groups in total. The highest BCUT2D eigenvalue weighted by Gasteiger charge is 2.55. The van der Waals surface area contributed by atoms with Crippen molar-refractivity contribution in [3.63, 3.8) is 0 Å². The molecule has 4 aromatic rings. The molecular formula is C30H22. The van der Waals surface area contributed by atoms with E-state index in [0.29, 0.717) is 0 Å². The van der Waals surface area contributed by atoms with Crippen LogP contribution in [0.3, 0.4) is 0 Å². The van der Waals surface area contributed by atoms with Gasteiger partial charge < -0.3 is 0 Å². The van der Waals surface area contributed by atoms with E-state index in [0.717, 1.165) is 6.42 Å². The molecule has 4 aromatic carbocycles. The highest BCUT2D eigenvalue weighted by Crippen LogP contribution is 2.67. The fraction of sp³-hybridized carbons (Fsp3) is 0.133. The fourth-order valence-electron chi connectivity index (χ4n) is 6.62. The largest absolute Gasteiger partial charge is 0.0730 e. The summed E-state index contributed by atoms with van der Waals surface area (Å²) in [5.41, 5.74) is 17.1. The molecule has 30 heavy (non-hydrogen) atoms. The molecule has 1 spiro atoms. The summed E-state index contributed by atoms with van der Waals surface area (Å²) in [5.74, 6) is 0. The maximum atomic E-state index is 2.40. The second-order valence-corrected chi connectivity index (χ2v) is 9.03. The Morgan fingerprint density at radius 2 is 1.27 bits per heavy atom. The van der Waals surface area contributed by atoms with E-state index in [1.54, 1.807) is 0 Å². The maximum Gasteiger partial charge on any atom is 0.0730 e. The lowest BCUT2D eigenvalue weighted by Gasteiger charge is -2.34. The van der Waals surface area contributed by atoms with E-state index < -0.39 is 0 Å². The van der Waals surface area contributed by atoms with Crippen LogP contribution in [0.2, 0.25) is 0 Å². The summed E-state index contributed by atoms with van der Waals surface area (Å²) in [5, 5.41) is 0. The molecule has 3 aliphatic rings. The third-order valence-corrected chi connectivity index (χ3v) is 7.46. The van der Waals surface area contributed by atoms with Gasteiger partial charge >= 0.3 is 0 Å². The Bertz CT molecular complexity index is 1430. The lowest BCUT2D eigenvalue weighted by atomic mass is 9.67. The zero-order chi connectivity index (χ0) is 20.0. The van der Waals surface area contributed by atoms with E-state index in [-0.39, 0.29) is 5.41 Å². The van der Waals surface area contributed by atoms with Gasteiger partial charge in [-0.3, -0.25) is 0 Å². The number of hydrogen-bond donors (Lipinski definition) is 0. The average Bonchev–Trinajstić information content (AvgIpc) is 3.37. The van der Waals surface area contributed by atoms with Crippen molar-refractivity contribution in [3.05, 3.63) is 129 Å². The van der Waals surface area contributed by atoms with E-state index in [4.69, 9.17) is 0 Å². The number of fused-ring (bicyclic) bond motifs is 11. The Morgan fingerprint density at radius 3 is 2.07 bits per heavy atom. The van der Waals surface area contributed by atoms with Gasteiger partial charge in [-0.05, 0) is 81.5 Å². The average molecular weight is 383 g/mol. The molecule has 0 bridgehead atoms. The molecule has 0 aromatic heterocycles. The second kappa shape index (κ2) is 5.40. The van der Waals surface area contributed by atoms with Gasteiger partial charge in [-0.2, -0.15) is 0 Å². The van der Waals surface area contributed by atoms with E-state index in [2.05, 4.69) is 98.8 Å². The van der Waals surface area contributed by atoms with Crippen LogP contribution in [-0.2, 0) is 11.8 Å². The molecule has 142 valence electrons. The van der Waals surface area contributed by atoms with Crippen molar-refractivity contribution in [2.24, 2.45) is 0 Å². The van der Waals surface area contributed by atoms with Gasteiger partial charge in [0.15, 0.2) is 0 Å². The number of aryl methyl sites for hydroxylation is 2. The Balaban J connectivity index is 1.72. The fourth-order valence-corrected chi connectivity index (χ4v) is 6.62. The van der Waals surface area contributed by atoms with Crippen LogP contribution in [0, 0.1) is 13.8 Å². The topological polar surface area (TPSA) is 0 Å². The van der Waals surface area contributed by atoms with Crippen LogP contribution in [0.1, 0.15) is 44.5 Å². The van der Waals surface area contributed by atoms with Crippen molar-refractivity contribution in [1.82, 2.24) is 0 Å². The highest BCUT2D eigenvalue weighted by molar-refractivity contribution is 6.13. The van der Waals surface area contributed by atoms with Crippen molar-refractivity contribution in [3.8, 4) is 11.1 Å². The van der Waals surface area contributed by atoms with E-state index in [1.807, 2.05) is 0 Å². The standard InChI is InChI=1S/C30H22/c1-18-15-19(2)28-24(16-18)22-11-5-7-13-26(22)30(28)27-14-8-6-12-23(27)25-17-20-9-3-4-10-21(20)29(25)30/h3-16H,17H2,1-2H3. The van der Waals surface area contributed by atoms with Crippen LogP contribution >= 0.6 is 0 Å². The molecule has 3 aliphatic carbocycles. The Morgan fingerprint density at radius 1 is 0.633 bits per heavy atom. The minimum atomic E-state index is -0.206. The molecule has 1 unspecified atom stereocenters. The van der Waals surface area contributed by atoms with E-state index in [9.17, 15) is 0 Å². The maximum absolute atomic E-state index is 2.40. The minimum Gasteiger partial charge on any atom is -0.0619 e. The molecular weight excluding hydrogens is 360 g/mol. The molecule has 0 saturated heterocycles. The molecule has 0 saturated carbocycles. The van der Waals surface area contributed by atoms with Crippen LogP contribution in [0.4, 0.5) is 0 Å². The predicted molar refractivity (Wildman–Crippen MR) is 125 cm³/mol. The third-order valence-electron chi connectivity index (χ3n) is 7.46. The first-order valence-corrected chi connectivity index (χ1v) is 10.8. The molecule has 0 aliphatic heterocycles. The molecule has 1 atom stereocenters. The summed E-state index contributed by atoms with van der Waals surface area (Å²) in [6.45, 7) is 4.53. The molecule has 0 heterocycles. The van der Waals surface area contributed by atoms with Crippen molar-refractivity contribution < 1.29 is 0 Å². The monoisotopic (exact) mass is 382 g/mol. The van der Waals surface area contributed by atoms with Gasteiger partial charge in [-0.1, -0.05) is 90.5 Å². The number of hydrogen-bond acceptors (Lipinski definition) is 0. The zero-order valence-corrected chi connectivity index (χ0v) is 17.3. The summed E-state index contributed by atoms with van der Waals surface area (Å²) in [7, 11) is 0. The summed E-state index contributed by atoms with van der Waals surface area (Å²) in [4.78, 5) is 0. The van der Waals surface area contributed by atoms with Crippen LogP contribution in [-0.4, -0.2) is 0 Å². The Kier molecular flexibility index (Phi) is 2.96. The molecule has 0 radical (unpaired) electrons. The highest BCUT2D eigenvalue weighted by atomic mass is 14.6. The molecule has 7 rings (SSSR count). The van der Waals surface area contributed by atoms with Gasteiger partial charge in [-0.25, -0.2) is 0 Å². The predicted octanol–water partition coefficient (Wildman–Crippen LogP) is 7.10. The lowest BCUT2D eigenvalue weighted by Crippen LogP contribution is -2.27. The Hall–Kier alpha value is -3.38. The molecule has 0 nitrogen and oxygen atoms in total. The lowest BCUT2D eigenvalue weighted by molar-refractivity contribution is 0.832. The van der Waals surface area contributed by atoms with E-state index >= 15 is 0 Å². The summed E-state index contributed by atoms with van der Waals surface area (Å²) < 4.78 is 0. The molecule has 0 fully saturated rings. The van der Waals surface area contributed by atoms with Crippen molar-refractivity contribution in [2.45, 2.75) is 25.7 Å². The van der Waals surface area contributed by atoms with E-state index in [1.165, 1.54) is 66.8 Å². The first-order valence-electron chi connectivity index (χ1n) is 10.8. The first-order chi connectivity index (χ1) is 14.7. The molecule has 0 amide bonds. The SMILES string of the molecule is Cc1cc(C)c2c(c1)-c1ccccc1C21C2=C(Cc3ccccc32)c2ccccc21. The van der Waals surface area contributed by atoms with Crippen molar-refractivity contribution in [2.75, 3.05) is 0 Å². The van der Waals surface area contributed by atoms with Gasteiger partial charge in [-0.15, -0.1) is 0 Å². The van der Waals surface area contributed by atoms with Crippen LogP contribution < -0.4 is 0 Å². The van der Waals surface area contributed by atoms with Gasteiger partial charge in [0, 0.05) is 0 Å².